The van der Waals surface area contributed by atoms with Crippen LogP contribution in [0.4, 0.5) is 0 Å². The number of amides is 1. The molecule has 19 heavy (non-hydrogen) atoms. The molecule has 0 saturated carbocycles. The predicted octanol–water partition coefficient (Wildman–Crippen LogP) is 2.56. The number of carbonyl (C=O) groups excluding carboxylic acids is 1. The van der Waals surface area contributed by atoms with Crippen LogP contribution in [0.25, 0.3) is 0 Å². The Labute approximate surface area is 119 Å². The lowest BCUT2D eigenvalue weighted by molar-refractivity contribution is 0.0773. The molecule has 0 atom stereocenters. The molecule has 0 unspecified atom stereocenters. The summed E-state index contributed by atoms with van der Waals surface area (Å²) in [7, 11) is 0. The van der Waals surface area contributed by atoms with E-state index >= 15 is 0 Å². The van der Waals surface area contributed by atoms with Crippen molar-refractivity contribution in [3.63, 3.8) is 0 Å². The average molecular weight is 280 g/mol. The molecule has 1 rings (SSSR count). The number of carbonyl (C=O) groups is 1. The maximum absolute atomic E-state index is 12.1. The number of rotatable bonds is 4. The van der Waals surface area contributed by atoms with Gasteiger partial charge >= 0.3 is 0 Å². The summed E-state index contributed by atoms with van der Waals surface area (Å²) in [5.74, 6) is 5.65. The van der Waals surface area contributed by atoms with Crippen molar-refractivity contribution in [3.05, 3.63) is 34.3 Å². The van der Waals surface area contributed by atoms with E-state index in [2.05, 4.69) is 11.8 Å². The van der Waals surface area contributed by atoms with Crippen LogP contribution in [0.1, 0.15) is 36.2 Å². The number of benzene rings is 1. The Bertz CT molecular complexity index is 499. The Morgan fingerprint density at radius 1 is 1.37 bits per heavy atom. The molecule has 0 spiro atoms. The summed E-state index contributed by atoms with van der Waals surface area (Å²) in [6.45, 7) is 5.26. The van der Waals surface area contributed by atoms with Crippen LogP contribution in [-0.4, -0.2) is 35.6 Å². The molecule has 0 radical (unpaired) electrons. The number of aliphatic hydroxyl groups excluding tert-OH is 1. The lowest BCUT2D eigenvalue weighted by atomic mass is 10.1. The minimum atomic E-state index is -0.0261. The van der Waals surface area contributed by atoms with Gasteiger partial charge in [0.05, 0.1) is 11.6 Å². The summed E-state index contributed by atoms with van der Waals surface area (Å²) in [5, 5.41) is 9.12. The first-order valence-corrected chi connectivity index (χ1v) is 6.70. The summed E-state index contributed by atoms with van der Waals surface area (Å²) < 4.78 is 0. The summed E-state index contributed by atoms with van der Waals surface area (Å²) in [5.41, 5.74) is 1.24. The average Bonchev–Trinajstić information content (AvgIpc) is 2.42. The third-order valence-corrected chi connectivity index (χ3v) is 3.04. The molecule has 102 valence electrons. The fourth-order valence-corrected chi connectivity index (χ4v) is 1.88. The van der Waals surface area contributed by atoms with Crippen LogP contribution < -0.4 is 0 Å². The molecule has 0 fully saturated rings. The van der Waals surface area contributed by atoms with E-state index in [0.29, 0.717) is 35.7 Å². The van der Waals surface area contributed by atoms with Gasteiger partial charge in [-0.25, -0.2) is 0 Å². The lowest BCUT2D eigenvalue weighted by Crippen LogP contribution is -2.30. The highest BCUT2D eigenvalue weighted by atomic mass is 35.5. The predicted molar refractivity (Wildman–Crippen MR) is 77.3 cm³/mol. The summed E-state index contributed by atoms with van der Waals surface area (Å²) in [6, 6.07) is 5.12. The molecule has 0 aliphatic carbocycles. The van der Waals surface area contributed by atoms with Crippen molar-refractivity contribution in [2.45, 2.75) is 20.3 Å². The van der Waals surface area contributed by atoms with Gasteiger partial charge in [-0.1, -0.05) is 23.4 Å². The third kappa shape index (κ3) is 4.27. The van der Waals surface area contributed by atoms with Crippen LogP contribution in [-0.2, 0) is 0 Å². The van der Waals surface area contributed by atoms with E-state index in [9.17, 15) is 4.79 Å². The van der Waals surface area contributed by atoms with Gasteiger partial charge in [0.15, 0.2) is 0 Å². The maximum Gasteiger partial charge on any atom is 0.253 e. The molecule has 1 aromatic carbocycles. The quantitative estimate of drug-likeness (QED) is 0.861. The van der Waals surface area contributed by atoms with Gasteiger partial charge < -0.3 is 10.0 Å². The smallest absolute Gasteiger partial charge is 0.253 e. The Hall–Kier alpha value is -1.50. The van der Waals surface area contributed by atoms with Crippen molar-refractivity contribution in [1.29, 1.82) is 0 Å². The van der Waals surface area contributed by atoms with Crippen molar-refractivity contribution >= 4 is 17.5 Å². The van der Waals surface area contributed by atoms with Crippen molar-refractivity contribution < 1.29 is 9.90 Å². The fraction of sp³-hybridized carbons (Fsp3) is 0.400. The molecule has 0 aliphatic rings. The zero-order valence-corrected chi connectivity index (χ0v) is 12.0. The Morgan fingerprint density at radius 3 is 2.58 bits per heavy atom. The largest absolute Gasteiger partial charge is 0.395 e. The van der Waals surface area contributed by atoms with Crippen LogP contribution >= 0.6 is 11.6 Å². The minimum absolute atomic E-state index is 0.0261. The molecule has 1 amide bonds. The lowest BCUT2D eigenvalue weighted by Gasteiger charge is -2.18. The molecule has 0 saturated heterocycles. The molecular formula is C15H18ClNO2. The molecule has 0 aromatic heterocycles. The van der Waals surface area contributed by atoms with Crippen LogP contribution in [0.5, 0.6) is 0 Å². The molecule has 1 aromatic rings. The van der Waals surface area contributed by atoms with E-state index in [1.54, 1.807) is 23.1 Å². The van der Waals surface area contributed by atoms with E-state index in [4.69, 9.17) is 16.7 Å². The van der Waals surface area contributed by atoms with Crippen molar-refractivity contribution in [3.8, 4) is 11.8 Å². The first kappa shape index (κ1) is 15.6. The van der Waals surface area contributed by atoms with Crippen molar-refractivity contribution in [2.75, 3.05) is 19.7 Å². The SMILES string of the molecule is CCN(CC)C(=O)c1ccc(C#CCCO)c(Cl)c1. The molecule has 4 heteroatoms. The summed E-state index contributed by atoms with van der Waals surface area (Å²) in [4.78, 5) is 13.9. The monoisotopic (exact) mass is 279 g/mol. The second-order valence-electron chi connectivity index (χ2n) is 3.95. The maximum atomic E-state index is 12.1. The van der Waals surface area contributed by atoms with E-state index < -0.39 is 0 Å². The van der Waals surface area contributed by atoms with Crippen molar-refractivity contribution in [1.82, 2.24) is 4.90 Å². The third-order valence-electron chi connectivity index (χ3n) is 2.73. The van der Waals surface area contributed by atoms with Gasteiger partial charge in [-0.2, -0.15) is 0 Å². The number of aliphatic hydroxyl groups is 1. The van der Waals surface area contributed by atoms with E-state index in [-0.39, 0.29) is 12.5 Å². The van der Waals surface area contributed by atoms with Crippen molar-refractivity contribution in [2.24, 2.45) is 0 Å². The van der Waals surface area contributed by atoms with Gasteiger partial charge in [-0.3, -0.25) is 4.79 Å². The van der Waals surface area contributed by atoms with E-state index in [1.165, 1.54) is 0 Å². The second-order valence-corrected chi connectivity index (χ2v) is 4.35. The molecular weight excluding hydrogens is 262 g/mol. The fourth-order valence-electron chi connectivity index (χ4n) is 1.66. The molecule has 0 bridgehead atoms. The topological polar surface area (TPSA) is 40.5 Å². The van der Waals surface area contributed by atoms with E-state index in [0.717, 1.165) is 0 Å². The van der Waals surface area contributed by atoms with E-state index in [1.807, 2.05) is 13.8 Å². The standard InChI is InChI=1S/C15H18ClNO2/c1-3-17(4-2)15(19)13-9-8-12(14(16)11-13)7-5-6-10-18/h8-9,11,18H,3-4,6,10H2,1-2H3. The zero-order valence-electron chi connectivity index (χ0n) is 11.2. The van der Waals surface area contributed by atoms with Gasteiger partial charge in [-0.15, -0.1) is 0 Å². The molecule has 1 N–H and O–H groups in total. The first-order valence-electron chi connectivity index (χ1n) is 6.32. The number of hydrogen-bond acceptors (Lipinski definition) is 2. The van der Waals surface area contributed by atoms with Crippen LogP contribution in [0, 0.1) is 11.8 Å². The van der Waals surface area contributed by atoms with Crippen LogP contribution in [0.2, 0.25) is 5.02 Å². The van der Waals surface area contributed by atoms with Gasteiger partial charge in [0, 0.05) is 30.6 Å². The zero-order chi connectivity index (χ0) is 14.3. The molecule has 0 aliphatic heterocycles. The van der Waals surface area contributed by atoms with Gasteiger partial charge in [0.25, 0.3) is 5.91 Å². The number of nitrogens with zero attached hydrogens (tertiary/aromatic N) is 1. The minimum Gasteiger partial charge on any atom is -0.395 e. The van der Waals surface area contributed by atoms with Gasteiger partial charge in [0.2, 0.25) is 0 Å². The molecule has 0 heterocycles. The summed E-state index contributed by atoms with van der Waals surface area (Å²) >= 11 is 6.11. The first-order chi connectivity index (χ1) is 9.13. The van der Waals surface area contributed by atoms with Crippen LogP contribution in [0.3, 0.4) is 0 Å². The normalized spacial score (nSPS) is 9.68. The van der Waals surface area contributed by atoms with Gasteiger partial charge in [-0.05, 0) is 32.0 Å². The Kier molecular flexibility index (Phi) is 6.41. The van der Waals surface area contributed by atoms with Crippen LogP contribution in [0.15, 0.2) is 18.2 Å². The number of halogens is 1. The number of hydrogen-bond donors (Lipinski definition) is 1. The second kappa shape index (κ2) is 7.83. The van der Waals surface area contributed by atoms with Gasteiger partial charge in [0.1, 0.15) is 0 Å². The summed E-state index contributed by atoms with van der Waals surface area (Å²) in [6.07, 6.45) is 0.413. The highest BCUT2D eigenvalue weighted by Gasteiger charge is 2.13. The Balaban J connectivity index is 2.94. The molecule has 3 nitrogen and oxygen atoms in total. The highest BCUT2D eigenvalue weighted by molar-refractivity contribution is 6.32. The highest BCUT2D eigenvalue weighted by Crippen LogP contribution is 2.18. The Morgan fingerprint density at radius 2 is 2.05 bits per heavy atom.